The summed E-state index contributed by atoms with van der Waals surface area (Å²) in [6, 6.07) is 0. The summed E-state index contributed by atoms with van der Waals surface area (Å²) in [6.07, 6.45) is 5.39. The minimum atomic E-state index is -0.0957. The molecule has 1 heterocycles. The standard InChI is InChI=1S/C15H26BrN3O2/c1-4-5-8-19-14(21)13(16)12(10-18-19)17-11-15(2,3)7-6-9-20/h10,17,20H,4-9,11H2,1-3H3. The quantitative estimate of drug-likeness (QED) is 0.710. The van der Waals surface area contributed by atoms with Crippen LogP contribution in [0.4, 0.5) is 5.69 Å². The Labute approximate surface area is 134 Å². The van der Waals surface area contributed by atoms with Crippen LogP contribution < -0.4 is 10.9 Å². The Morgan fingerprint density at radius 2 is 2.14 bits per heavy atom. The minimum Gasteiger partial charge on any atom is -0.396 e. The van der Waals surface area contributed by atoms with Gasteiger partial charge in [0.05, 0.1) is 11.9 Å². The molecule has 6 heteroatoms. The zero-order valence-electron chi connectivity index (χ0n) is 13.2. The molecule has 5 nitrogen and oxygen atoms in total. The molecule has 0 aliphatic rings. The van der Waals surface area contributed by atoms with Crippen molar-refractivity contribution in [3.63, 3.8) is 0 Å². The van der Waals surface area contributed by atoms with Gasteiger partial charge >= 0.3 is 0 Å². The number of aliphatic hydroxyl groups excluding tert-OH is 1. The molecule has 0 bridgehead atoms. The minimum absolute atomic E-state index is 0.0548. The van der Waals surface area contributed by atoms with Crippen molar-refractivity contribution in [2.75, 3.05) is 18.5 Å². The molecular formula is C15H26BrN3O2. The number of aryl methyl sites for hydroxylation is 1. The highest BCUT2D eigenvalue weighted by molar-refractivity contribution is 9.10. The van der Waals surface area contributed by atoms with Crippen molar-refractivity contribution in [3.8, 4) is 0 Å². The van der Waals surface area contributed by atoms with Gasteiger partial charge in [-0.1, -0.05) is 27.2 Å². The van der Waals surface area contributed by atoms with E-state index in [0.717, 1.165) is 37.9 Å². The summed E-state index contributed by atoms with van der Waals surface area (Å²) in [7, 11) is 0. The third-order valence-corrected chi connectivity index (χ3v) is 4.24. The molecule has 1 aromatic rings. The zero-order valence-corrected chi connectivity index (χ0v) is 14.7. The van der Waals surface area contributed by atoms with E-state index in [0.29, 0.717) is 11.0 Å². The molecule has 0 radical (unpaired) electrons. The summed E-state index contributed by atoms with van der Waals surface area (Å²) >= 11 is 3.37. The van der Waals surface area contributed by atoms with Crippen LogP contribution in [-0.2, 0) is 6.54 Å². The average molecular weight is 360 g/mol. The van der Waals surface area contributed by atoms with E-state index in [4.69, 9.17) is 5.11 Å². The summed E-state index contributed by atoms with van der Waals surface area (Å²) in [6.45, 7) is 7.95. The topological polar surface area (TPSA) is 67.2 Å². The van der Waals surface area contributed by atoms with Gasteiger partial charge < -0.3 is 10.4 Å². The summed E-state index contributed by atoms with van der Waals surface area (Å²) in [5, 5.41) is 16.4. The molecule has 21 heavy (non-hydrogen) atoms. The van der Waals surface area contributed by atoms with Crippen LogP contribution in [-0.4, -0.2) is 28.0 Å². The molecule has 0 fully saturated rings. The second-order valence-corrected chi connectivity index (χ2v) is 6.89. The maximum Gasteiger partial charge on any atom is 0.283 e. The summed E-state index contributed by atoms with van der Waals surface area (Å²) in [5.74, 6) is 0. The van der Waals surface area contributed by atoms with Gasteiger partial charge in [0.2, 0.25) is 0 Å². The summed E-state index contributed by atoms with van der Waals surface area (Å²) in [5.41, 5.74) is 0.686. The Balaban J connectivity index is 2.72. The molecule has 2 N–H and O–H groups in total. The first kappa shape index (κ1) is 18.2. The van der Waals surface area contributed by atoms with Crippen LogP contribution in [0.3, 0.4) is 0 Å². The molecule has 1 aromatic heterocycles. The van der Waals surface area contributed by atoms with Crippen LogP contribution in [0.25, 0.3) is 0 Å². The molecule has 0 saturated heterocycles. The lowest BCUT2D eigenvalue weighted by atomic mass is 9.88. The molecule has 0 aliphatic heterocycles. The van der Waals surface area contributed by atoms with Gasteiger partial charge in [0.1, 0.15) is 4.47 Å². The maximum atomic E-state index is 12.2. The van der Waals surface area contributed by atoms with Gasteiger partial charge in [-0.15, -0.1) is 0 Å². The number of rotatable bonds is 9. The number of aromatic nitrogens is 2. The normalized spacial score (nSPS) is 11.7. The molecule has 0 aliphatic carbocycles. The zero-order chi connectivity index (χ0) is 15.9. The van der Waals surface area contributed by atoms with E-state index in [2.05, 4.69) is 47.1 Å². The van der Waals surface area contributed by atoms with Gasteiger partial charge in [-0.25, -0.2) is 4.68 Å². The van der Waals surface area contributed by atoms with Crippen LogP contribution >= 0.6 is 15.9 Å². The molecule has 0 aromatic carbocycles. The van der Waals surface area contributed by atoms with Crippen molar-refractivity contribution in [1.82, 2.24) is 9.78 Å². The Morgan fingerprint density at radius 1 is 1.43 bits per heavy atom. The maximum absolute atomic E-state index is 12.2. The monoisotopic (exact) mass is 359 g/mol. The predicted octanol–water partition coefficient (Wildman–Crippen LogP) is 3.02. The number of hydrogen-bond acceptors (Lipinski definition) is 4. The Kier molecular flexibility index (Phi) is 7.39. The number of unbranched alkanes of at least 4 members (excludes halogenated alkanes) is 1. The molecule has 0 spiro atoms. The van der Waals surface area contributed by atoms with E-state index in [1.165, 1.54) is 4.68 Å². The van der Waals surface area contributed by atoms with Gasteiger partial charge in [0.25, 0.3) is 5.56 Å². The van der Waals surface area contributed by atoms with Crippen molar-refractivity contribution in [2.24, 2.45) is 5.41 Å². The van der Waals surface area contributed by atoms with Crippen molar-refractivity contribution in [2.45, 2.75) is 53.0 Å². The first-order valence-electron chi connectivity index (χ1n) is 7.51. The van der Waals surface area contributed by atoms with Crippen LogP contribution in [0.15, 0.2) is 15.5 Å². The predicted molar refractivity (Wildman–Crippen MR) is 89.7 cm³/mol. The first-order valence-corrected chi connectivity index (χ1v) is 8.31. The third-order valence-electron chi connectivity index (χ3n) is 3.48. The fraction of sp³-hybridized carbons (Fsp3) is 0.733. The van der Waals surface area contributed by atoms with E-state index >= 15 is 0 Å². The van der Waals surface area contributed by atoms with E-state index in [9.17, 15) is 4.79 Å². The summed E-state index contributed by atoms with van der Waals surface area (Å²) < 4.78 is 2.03. The molecule has 1 rings (SSSR count). The molecular weight excluding hydrogens is 334 g/mol. The lowest BCUT2D eigenvalue weighted by Crippen LogP contribution is -2.27. The number of hydrogen-bond donors (Lipinski definition) is 2. The second-order valence-electron chi connectivity index (χ2n) is 6.10. The second kappa shape index (κ2) is 8.54. The van der Waals surface area contributed by atoms with E-state index in [1.807, 2.05) is 0 Å². The van der Waals surface area contributed by atoms with Crippen LogP contribution in [0.5, 0.6) is 0 Å². The Hall–Kier alpha value is -0.880. The fourth-order valence-electron chi connectivity index (χ4n) is 2.04. The van der Waals surface area contributed by atoms with Crippen LogP contribution in [0.1, 0.15) is 46.5 Å². The van der Waals surface area contributed by atoms with Gasteiger partial charge in [-0.2, -0.15) is 5.10 Å². The van der Waals surface area contributed by atoms with Crippen LogP contribution in [0.2, 0.25) is 0 Å². The van der Waals surface area contributed by atoms with Gasteiger partial charge in [-0.3, -0.25) is 4.79 Å². The van der Waals surface area contributed by atoms with Gasteiger partial charge in [-0.05, 0) is 40.6 Å². The highest BCUT2D eigenvalue weighted by Crippen LogP contribution is 2.24. The smallest absolute Gasteiger partial charge is 0.283 e. The highest BCUT2D eigenvalue weighted by atomic mass is 79.9. The number of anilines is 1. The number of nitrogens with zero attached hydrogens (tertiary/aromatic N) is 2. The van der Waals surface area contributed by atoms with E-state index < -0.39 is 0 Å². The lowest BCUT2D eigenvalue weighted by Gasteiger charge is -2.25. The lowest BCUT2D eigenvalue weighted by molar-refractivity contribution is 0.248. The number of halogens is 1. The van der Waals surface area contributed by atoms with Gasteiger partial charge in [0, 0.05) is 19.7 Å². The highest BCUT2D eigenvalue weighted by Gasteiger charge is 2.18. The van der Waals surface area contributed by atoms with E-state index in [-0.39, 0.29) is 17.6 Å². The third kappa shape index (κ3) is 5.79. The molecule has 0 atom stereocenters. The number of nitrogens with one attached hydrogen (secondary N) is 1. The van der Waals surface area contributed by atoms with E-state index in [1.54, 1.807) is 6.20 Å². The van der Waals surface area contributed by atoms with Crippen molar-refractivity contribution in [3.05, 3.63) is 21.0 Å². The fourth-order valence-corrected chi connectivity index (χ4v) is 2.48. The molecule has 120 valence electrons. The Morgan fingerprint density at radius 3 is 2.76 bits per heavy atom. The SMILES string of the molecule is CCCCn1ncc(NCC(C)(C)CCCO)c(Br)c1=O. The van der Waals surface area contributed by atoms with Crippen molar-refractivity contribution in [1.29, 1.82) is 0 Å². The largest absolute Gasteiger partial charge is 0.396 e. The van der Waals surface area contributed by atoms with Crippen LogP contribution in [0, 0.1) is 5.41 Å². The Bertz CT molecular complexity index is 500. The van der Waals surface area contributed by atoms with Crippen molar-refractivity contribution >= 4 is 21.6 Å². The van der Waals surface area contributed by atoms with Gasteiger partial charge in [0.15, 0.2) is 0 Å². The first-order chi connectivity index (χ1) is 9.91. The average Bonchev–Trinajstić information content (AvgIpc) is 2.46. The molecule has 0 saturated carbocycles. The molecule has 0 unspecified atom stereocenters. The number of aliphatic hydroxyl groups is 1. The molecule has 0 amide bonds. The van der Waals surface area contributed by atoms with Crippen molar-refractivity contribution < 1.29 is 5.11 Å². The summed E-state index contributed by atoms with van der Waals surface area (Å²) in [4.78, 5) is 12.2.